The van der Waals surface area contributed by atoms with Crippen molar-refractivity contribution in [3.05, 3.63) is 179 Å². The second-order valence-corrected chi connectivity index (χ2v) is 28.7. The third-order valence-electron chi connectivity index (χ3n) is 12.4. The number of aryl methyl sites for hydroxylation is 4. The molecule has 0 spiro atoms. The van der Waals surface area contributed by atoms with Crippen LogP contribution in [0.1, 0.15) is 33.4 Å². The molecule has 0 atom stereocenters. The molecule has 0 saturated carbocycles. The first kappa shape index (κ1) is 36.8. The first-order valence-corrected chi connectivity index (χ1v) is 26.8. The molecule has 55 heavy (non-hydrogen) atoms. The Morgan fingerprint density at radius 3 is 1.36 bits per heavy atom. The third-order valence-corrected chi connectivity index (χ3v) is 22.5. The zero-order valence-corrected chi connectivity index (χ0v) is 36.3. The Kier molecular flexibility index (Phi) is 9.06. The van der Waals surface area contributed by atoms with Crippen molar-refractivity contribution >= 4 is 61.0 Å². The van der Waals surface area contributed by atoms with Gasteiger partial charge in [-0.25, -0.2) is 0 Å². The Hall–Kier alpha value is -5.17. The van der Waals surface area contributed by atoms with Crippen molar-refractivity contribution in [2.45, 2.75) is 71.6 Å². The van der Waals surface area contributed by atoms with Gasteiger partial charge in [0.1, 0.15) is 0 Å². The van der Waals surface area contributed by atoms with Gasteiger partial charge in [0.2, 0.25) is 0 Å². The molecule has 7 aromatic carbocycles. The van der Waals surface area contributed by atoms with E-state index >= 15 is 0 Å². The minimum atomic E-state index is -2.04. The minimum absolute atomic E-state index is 0.0729. The predicted molar refractivity (Wildman–Crippen MR) is 245 cm³/mol. The normalized spacial score (nSPS) is 13.4. The smallest absolute Gasteiger partial charge is 0.0579 e. The SMILES string of the molecule is Cc1ccc(N(c2ccccc2)c2ccc3c(c2)C([Si](C)(C)C)([Si](C)(C)C)c2cc(N(c4ccccc4)c4ccc(C)c(C)c4)c4ccccc4c2-3)cc1C. The molecule has 8 rings (SSSR count). The molecule has 0 saturated heterocycles. The molecule has 0 amide bonds. The fourth-order valence-corrected chi connectivity index (χ4v) is 23.0. The number of nitrogens with zero attached hydrogens (tertiary/aromatic N) is 2. The maximum atomic E-state index is 2.63. The molecule has 0 N–H and O–H groups in total. The topological polar surface area (TPSA) is 6.48 Å². The molecule has 0 heterocycles. The van der Waals surface area contributed by atoms with Crippen molar-refractivity contribution < 1.29 is 0 Å². The van der Waals surface area contributed by atoms with Crippen LogP contribution in [-0.4, -0.2) is 16.1 Å². The monoisotopic (exact) mass is 750 g/mol. The first-order valence-electron chi connectivity index (χ1n) is 19.8. The third kappa shape index (κ3) is 5.89. The van der Waals surface area contributed by atoms with Gasteiger partial charge in [-0.3, -0.25) is 0 Å². The van der Waals surface area contributed by atoms with Crippen LogP contribution in [0.25, 0.3) is 21.9 Å². The van der Waals surface area contributed by atoms with Crippen LogP contribution in [0, 0.1) is 27.7 Å². The van der Waals surface area contributed by atoms with Crippen molar-refractivity contribution in [1.29, 1.82) is 0 Å². The van der Waals surface area contributed by atoms with Crippen molar-refractivity contribution in [3.63, 3.8) is 0 Å². The van der Waals surface area contributed by atoms with Gasteiger partial charge in [0.05, 0.1) is 21.8 Å². The summed E-state index contributed by atoms with van der Waals surface area (Å²) in [6, 6.07) is 55.0. The fraction of sp³-hybridized carbons (Fsp3) is 0.216. The molecular weight excluding hydrogens is 697 g/mol. The summed E-state index contributed by atoms with van der Waals surface area (Å²) in [5, 5.41) is 2.61. The zero-order valence-electron chi connectivity index (χ0n) is 34.3. The summed E-state index contributed by atoms with van der Waals surface area (Å²) in [7, 11) is -4.08. The van der Waals surface area contributed by atoms with E-state index in [1.54, 1.807) is 0 Å². The van der Waals surface area contributed by atoms with Gasteiger partial charge >= 0.3 is 0 Å². The summed E-state index contributed by atoms with van der Waals surface area (Å²) in [4.78, 5) is 4.98. The van der Waals surface area contributed by atoms with Gasteiger partial charge in [0.15, 0.2) is 0 Å². The quantitative estimate of drug-likeness (QED) is 0.143. The number of fused-ring (bicyclic) bond motifs is 5. The van der Waals surface area contributed by atoms with Crippen LogP contribution in [-0.2, 0) is 4.66 Å². The van der Waals surface area contributed by atoms with Gasteiger partial charge < -0.3 is 9.80 Å². The Bertz CT molecular complexity index is 2550. The van der Waals surface area contributed by atoms with E-state index in [4.69, 9.17) is 0 Å². The number of rotatable bonds is 8. The van der Waals surface area contributed by atoms with Gasteiger partial charge in [0.25, 0.3) is 0 Å². The summed E-state index contributed by atoms with van der Waals surface area (Å²) in [6.07, 6.45) is 0. The van der Waals surface area contributed by atoms with E-state index in [-0.39, 0.29) is 4.66 Å². The van der Waals surface area contributed by atoms with Gasteiger partial charge in [0, 0.05) is 38.5 Å². The van der Waals surface area contributed by atoms with Crippen molar-refractivity contribution in [3.8, 4) is 11.1 Å². The summed E-state index contributed by atoms with van der Waals surface area (Å²) in [5.41, 5.74) is 18.3. The Labute approximate surface area is 331 Å². The highest BCUT2D eigenvalue weighted by Gasteiger charge is 2.59. The van der Waals surface area contributed by atoms with Crippen LogP contribution in [0.4, 0.5) is 34.1 Å². The average Bonchev–Trinajstić information content (AvgIpc) is 3.47. The lowest BCUT2D eigenvalue weighted by Crippen LogP contribution is -2.63. The summed E-state index contributed by atoms with van der Waals surface area (Å²) in [6.45, 7) is 24.6. The van der Waals surface area contributed by atoms with Crippen LogP contribution in [0.15, 0.2) is 146 Å². The number of para-hydroxylation sites is 2. The van der Waals surface area contributed by atoms with Crippen molar-refractivity contribution in [2.24, 2.45) is 0 Å². The summed E-state index contributed by atoms with van der Waals surface area (Å²) >= 11 is 0. The van der Waals surface area contributed by atoms with Crippen molar-refractivity contribution in [1.82, 2.24) is 0 Å². The van der Waals surface area contributed by atoms with Crippen molar-refractivity contribution in [2.75, 3.05) is 9.80 Å². The van der Waals surface area contributed by atoms with Gasteiger partial charge in [-0.1, -0.05) is 118 Å². The van der Waals surface area contributed by atoms with E-state index in [0.717, 1.165) is 0 Å². The number of benzene rings is 7. The summed E-state index contributed by atoms with van der Waals surface area (Å²) < 4.78 is -0.0729. The highest BCUT2D eigenvalue weighted by molar-refractivity contribution is 6.99. The Morgan fingerprint density at radius 2 is 0.836 bits per heavy atom. The standard InChI is InChI=1S/C51H54N2Si2/c1-35-25-27-41(31-37(35)3)52(39-19-13-11-14-20-39)43-29-30-46-47(33-43)51(54(5,6)7,55(8,9)10)48-34-49(44-23-17-18-24-45(44)50(46)48)53(40-21-15-12-16-22-40)42-28-26-36(2)38(4)32-42/h11-34H,1-10H3. The van der Waals surface area contributed by atoms with E-state index < -0.39 is 16.1 Å². The van der Waals surface area contributed by atoms with E-state index in [9.17, 15) is 0 Å². The molecule has 4 heteroatoms. The second-order valence-electron chi connectivity index (χ2n) is 17.7. The fourth-order valence-electron chi connectivity index (χ4n) is 9.97. The molecule has 1 aliphatic carbocycles. The van der Waals surface area contributed by atoms with E-state index in [1.807, 2.05) is 0 Å². The van der Waals surface area contributed by atoms with E-state index in [1.165, 1.54) is 89.4 Å². The summed E-state index contributed by atoms with van der Waals surface area (Å²) in [5.74, 6) is 0. The molecule has 0 fully saturated rings. The van der Waals surface area contributed by atoms with Crippen LogP contribution in [0.5, 0.6) is 0 Å². The molecule has 0 radical (unpaired) electrons. The average molecular weight is 751 g/mol. The molecule has 1 aliphatic rings. The van der Waals surface area contributed by atoms with Gasteiger partial charge in [-0.15, -0.1) is 0 Å². The maximum absolute atomic E-state index is 2.63. The number of anilines is 6. The van der Waals surface area contributed by atoms with E-state index in [0.29, 0.717) is 0 Å². The van der Waals surface area contributed by atoms with Crippen LogP contribution < -0.4 is 9.80 Å². The highest BCUT2D eigenvalue weighted by Crippen LogP contribution is 2.62. The largest absolute Gasteiger partial charge is 0.310 e. The Balaban J connectivity index is 1.47. The molecule has 0 aromatic heterocycles. The molecule has 7 aromatic rings. The second kappa shape index (κ2) is 13.5. The lowest BCUT2D eigenvalue weighted by Gasteiger charge is -2.51. The lowest BCUT2D eigenvalue weighted by molar-refractivity contribution is 0.952. The van der Waals surface area contributed by atoms with Crippen LogP contribution in [0.2, 0.25) is 39.3 Å². The first-order chi connectivity index (χ1) is 26.2. The molecule has 2 nitrogen and oxygen atoms in total. The van der Waals surface area contributed by atoms with Gasteiger partial charge in [-0.05, 0) is 144 Å². The van der Waals surface area contributed by atoms with Gasteiger partial charge in [-0.2, -0.15) is 0 Å². The van der Waals surface area contributed by atoms with Crippen LogP contribution >= 0.6 is 0 Å². The zero-order chi connectivity index (χ0) is 38.9. The minimum Gasteiger partial charge on any atom is -0.310 e. The molecule has 0 bridgehead atoms. The Morgan fingerprint density at radius 1 is 0.382 bits per heavy atom. The lowest BCUT2D eigenvalue weighted by atomic mass is 9.95. The molecular formula is C51H54N2Si2. The van der Waals surface area contributed by atoms with Crippen LogP contribution in [0.3, 0.4) is 0 Å². The predicted octanol–water partition coefficient (Wildman–Crippen LogP) is 15.0. The highest BCUT2D eigenvalue weighted by atomic mass is 28.4. The number of hydrogen-bond donors (Lipinski definition) is 0. The molecule has 276 valence electrons. The molecule has 0 unspecified atom stereocenters. The molecule has 0 aliphatic heterocycles. The maximum Gasteiger partial charge on any atom is 0.0579 e. The van der Waals surface area contributed by atoms with E-state index in [2.05, 4.69) is 222 Å². The number of hydrogen-bond acceptors (Lipinski definition) is 2.